The highest BCUT2D eigenvalue weighted by molar-refractivity contribution is 5.66. The summed E-state index contributed by atoms with van der Waals surface area (Å²) in [7, 11) is 6.03. The summed E-state index contributed by atoms with van der Waals surface area (Å²) in [4.78, 5) is 37.4. The molecule has 0 aliphatic carbocycles. The van der Waals surface area contributed by atoms with Crippen molar-refractivity contribution >= 4 is 6.29 Å². The average Bonchev–Trinajstić information content (AvgIpc) is 3.73. The summed E-state index contributed by atoms with van der Waals surface area (Å²) in [5, 5.41) is 3.26. The first-order chi connectivity index (χ1) is 20.3. The molecule has 2 aromatic carbocycles. The number of rotatable bonds is 10. The van der Waals surface area contributed by atoms with Gasteiger partial charge in [-0.1, -0.05) is 68.4 Å². The Hall–Kier alpha value is -4.47. The van der Waals surface area contributed by atoms with Gasteiger partial charge in [-0.3, -0.25) is 4.90 Å². The number of hydrogen-bond acceptors (Lipinski definition) is 7. The predicted molar refractivity (Wildman–Crippen MR) is 168 cm³/mol. The molecule has 0 saturated heterocycles. The van der Waals surface area contributed by atoms with Gasteiger partial charge in [-0.2, -0.15) is 0 Å². The summed E-state index contributed by atoms with van der Waals surface area (Å²) < 4.78 is 0. The Morgan fingerprint density at radius 3 is 1.93 bits per heavy atom. The van der Waals surface area contributed by atoms with Crippen LogP contribution in [-0.4, -0.2) is 62.2 Å². The topological polar surface area (TPSA) is 115 Å². The zero-order chi connectivity index (χ0) is 30.1. The molecular formula is C33H40N8O. The van der Waals surface area contributed by atoms with Gasteiger partial charge in [0.2, 0.25) is 0 Å². The first-order valence-electron chi connectivity index (χ1n) is 14.2. The van der Waals surface area contributed by atoms with Gasteiger partial charge in [0, 0.05) is 29.4 Å². The Kier molecular flexibility index (Phi) is 10.5. The number of benzene rings is 2. The number of aromatic amines is 2. The van der Waals surface area contributed by atoms with Crippen molar-refractivity contribution in [2.75, 3.05) is 21.1 Å². The lowest BCUT2D eigenvalue weighted by atomic mass is 10.0. The quantitative estimate of drug-likeness (QED) is 0.173. The smallest absolute Gasteiger partial charge is 0.159 e. The van der Waals surface area contributed by atoms with Crippen molar-refractivity contribution in [2.24, 2.45) is 0 Å². The van der Waals surface area contributed by atoms with E-state index in [9.17, 15) is 4.79 Å². The van der Waals surface area contributed by atoms with Crippen molar-refractivity contribution in [1.29, 1.82) is 0 Å². The Labute approximate surface area is 247 Å². The second kappa shape index (κ2) is 14.4. The summed E-state index contributed by atoms with van der Waals surface area (Å²) in [5.74, 6) is 2.59. The normalized spacial score (nSPS) is 13.2. The number of carbonyl (C=O) groups excluding carboxylic acids is 1. The van der Waals surface area contributed by atoms with Crippen molar-refractivity contribution in [3.8, 4) is 33.9 Å². The number of aromatic nitrogens is 6. The fourth-order valence-electron chi connectivity index (χ4n) is 4.39. The van der Waals surface area contributed by atoms with Crippen LogP contribution in [0.5, 0.6) is 0 Å². The number of carbonyl (C=O) groups is 1. The molecular weight excluding hydrogens is 524 g/mol. The van der Waals surface area contributed by atoms with Crippen LogP contribution in [0.1, 0.15) is 62.4 Å². The van der Waals surface area contributed by atoms with Gasteiger partial charge in [-0.15, -0.1) is 0 Å². The van der Waals surface area contributed by atoms with Crippen LogP contribution in [0.25, 0.3) is 33.9 Å². The molecule has 218 valence electrons. The maximum Gasteiger partial charge on any atom is 0.159 e. The van der Waals surface area contributed by atoms with E-state index in [-0.39, 0.29) is 18.0 Å². The second-order valence-corrected chi connectivity index (χ2v) is 10.5. The summed E-state index contributed by atoms with van der Waals surface area (Å²) >= 11 is 0. The molecule has 3 aromatic heterocycles. The standard InChI is InChI=1S/C24H30N8.C9H10O/c1-6-19(25-3)24-29-14-21(31-24)18-11-26-23(27-12-18)17-9-7-16(8-10-17)20-13-28-22(30-20)15(2)32(4)5;1-8(7-10)9-5-3-2-4-6-9/h7-15,19,25H,6H2,1-5H3,(H,28,30)(H,29,31);2-8H,1H3/t15-,19-;8-/m00/s1. The molecule has 0 aliphatic rings. The number of aldehydes is 1. The summed E-state index contributed by atoms with van der Waals surface area (Å²) in [6.07, 6.45) is 9.29. The Bertz CT molecular complexity index is 1440. The highest BCUT2D eigenvalue weighted by Gasteiger charge is 2.14. The van der Waals surface area contributed by atoms with Crippen LogP contribution < -0.4 is 5.32 Å². The van der Waals surface area contributed by atoms with Crippen molar-refractivity contribution < 1.29 is 4.79 Å². The molecule has 3 atom stereocenters. The largest absolute Gasteiger partial charge is 0.341 e. The molecule has 5 aromatic rings. The van der Waals surface area contributed by atoms with E-state index in [2.05, 4.69) is 66.1 Å². The number of hydrogen-bond donors (Lipinski definition) is 3. The van der Waals surface area contributed by atoms with Gasteiger partial charge >= 0.3 is 0 Å². The molecule has 3 N–H and O–H groups in total. The van der Waals surface area contributed by atoms with Crippen molar-refractivity contribution in [2.45, 2.75) is 45.2 Å². The minimum Gasteiger partial charge on any atom is -0.341 e. The molecule has 0 radical (unpaired) electrons. The third-order valence-electron chi connectivity index (χ3n) is 7.39. The molecule has 0 aliphatic heterocycles. The lowest BCUT2D eigenvalue weighted by Crippen LogP contribution is -2.17. The monoisotopic (exact) mass is 564 g/mol. The zero-order valence-electron chi connectivity index (χ0n) is 25.2. The van der Waals surface area contributed by atoms with E-state index in [4.69, 9.17) is 0 Å². The molecule has 42 heavy (non-hydrogen) atoms. The molecule has 0 fully saturated rings. The SMILES string of the molecule is CC[C@H](NC)c1ncc(-c2cnc(-c3ccc(-c4cnc([C@H](C)N(C)C)[nH]4)cc3)nc2)[nH]1.C[C@@H](C=O)c1ccccc1. The number of nitrogens with zero attached hydrogens (tertiary/aromatic N) is 5. The van der Waals surface area contributed by atoms with Crippen LogP contribution in [0, 0.1) is 0 Å². The van der Waals surface area contributed by atoms with Gasteiger partial charge in [-0.25, -0.2) is 19.9 Å². The lowest BCUT2D eigenvalue weighted by molar-refractivity contribution is -0.108. The number of nitrogens with one attached hydrogen (secondary N) is 3. The molecule has 0 unspecified atom stereocenters. The summed E-state index contributed by atoms with van der Waals surface area (Å²) in [5.41, 5.74) is 5.95. The van der Waals surface area contributed by atoms with E-state index in [0.717, 1.165) is 58.0 Å². The molecule has 0 saturated carbocycles. The maximum absolute atomic E-state index is 10.3. The van der Waals surface area contributed by atoms with Crippen LogP contribution in [-0.2, 0) is 4.79 Å². The minimum atomic E-state index is 0.0289. The molecule has 0 spiro atoms. The van der Waals surface area contributed by atoms with Gasteiger partial charge in [0.15, 0.2) is 5.82 Å². The molecule has 3 heterocycles. The lowest BCUT2D eigenvalue weighted by Gasteiger charge is -2.16. The van der Waals surface area contributed by atoms with Crippen LogP contribution >= 0.6 is 0 Å². The fraction of sp³-hybridized carbons (Fsp3) is 0.303. The van der Waals surface area contributed by atoms with E-state index < -0.39 is 0 Å². The molecule has 9 heteroatoms. The van der Waals surface area contributed by atoms with Crippen molar-refractivity contribution in [1.82, 2.24) is 40.1 Å². The average molecular weight is 565 g/mol. The van der Waals surface area contributed by atoms with Crippen LogP contribution in [0.4, 0.5) is 0 Å². The van der Waals surface area contributed by atoms with E-state index in [0.29, 0.717) is 5.82 Å². The molecule has 5 rings (SSSR count). The summed E-state index contributed by atoms with van der Waals surface area (Å²) in [6, 6.07) is 18.4. The second-order valence-electron chi connectivity index (χ2n) is 10.5. The third kappa shape index (κ3) is 7.43. The summed E-state index contributed by atoms with van der Waals surface area (Å²) in [6.45, 7) is 6.14. The minimum absolute atomic E-state index is 0.0289. The molecule has 9 nitrogen and oxygen atoms in total. The first-order valence-corrected chi connectivity index (χ1v) is 14.2. The zero-order valence-corrected chi connectivity index (χ0v) is 25.2. The first kappa shape index (κ1) is 30.5. The predicted octanol–water partition coefficient (Wildman–Crippen LogP) is 6.21. The van der Waals surface area contributed by atoms with Gasteiger partial charge < -0.3 is 20.1 Å². The molecule has 0 amide bonds. The molecule has 0 bridgehead atoms. The van der Waals surface area contributed by atoms with E-state index in [1.54, 1.807) is 0 Å². The Balaban J connectivity index is 0.000000343. The highest BCUT2D eigenvalue weighted by atomic mass is 16.1. The van der Waals surface area contributed by atoms with Crippen LogP contribution in [0.2, 0.25) is 0 Å². The van der Waals surface area contributed by atoms with E-state index in [1.165, 1.54) is 0 Å². The van der Waals surface area contributed by atoms with Crippen molar-refractivity contribution in [3.05, 3.63) is 96.6 Å². The Morgan fingerprint density at radius 2 is 1.36 bits per heavy atom. The van der Waals surface area contributed by atoms with Crippen LogP contribution in [0.3, 0.4) is 0 Å². The van der Waals surface area contributed by atoms with Gasteiger partial charge in [0.1, 0.15) is 17.9 Å². The highest BCUT2D eigenvalue weighted by Crippen LogP contribution is 2.25. The number of H-pyrrole nitrogens is 2. The van der Waals surface area contributed by atoms with Crippen LogP contribution in [0.15, 0.2) is 79.4 Å². The Morgan fingerprint density at radius 1 is 0.786 bits per heavy atom. The maximum atomic E-state index is 10.3. The van der Waals surface area contributed by atoms with E-state index >= 15 is 0 Å². The van der Waals surface area contributed by atoms with Crippen molar-refractivity contribution in [3.63, 3.8) is 0 Å². The third-order valence-corrected chi connectivity index (χ3v) is 7.39. The van der Waals surface area contributed by atoms with Gasteiger partial charge in [0.25, 0.3) is 0 Å². The van der Waals surface area contributed by atoms with E-state index in [1.807, 2.05) is 95.3 Å². The fourth-order valence-corrected chi connectivity index (χ4v) is 4.39. The van der Waals surface area contributed by atoms with Gasteiger partial charge in [0.05, 0.1) is 35.9 Å². The van der Waals surface area contributed by atoms with Gasteiger partial charge in [-0.05, 0) is 45.6 Å². The number of imidazole rings is 2.